The molecule has 0 unspecified atom stereocenters. The summed E-state index contributed by atoms with van der Waals surface area (Å²) in [5, 5.41) is 9.39. The van der Waals surface area contributed by atoms with Gasteiger partial charge in [-0.05, 0) is 23.8 Å². The van der Waals surface area contributed by atoms with Gasteiger partial charge >= 0.3 is 0 Å². The SMILES string of the molecule is COc1ccc(/C=C/c2nc(C#N)c(N3CCN(S(C)(=O)=O)CC3)o2)cc1OC. The number of methoxy groups -OCH3 is 2. The first kappa shape index (κ1) is 20.7. The molecule has 0 radical (unpaired) electrons. The normalized spacial score (nSPS) is 15.4. The summed E-state index contributed by atoms with van der Waals surface area (Å²) in [6.45, 7) is 1.52. The van der Waals surface area contributed by atoms with Crippen molar-refractivity contribution >= 4 is 28.1 Å². The standard InChI is InChI=1S/C19H22N4O5S/c1-26-16-6-4-14(12-17(16)27-2)5-7-18-21-15(13-20)19(28-18)22-8-10-23(11-9-22)29(3,24)25/h4-7,12H,8-11H2,1-3H3/b7-5+. The van der Waals surface area contributed by atoms with Gasteiger partial charge in [0.15, 0.2) is 11.5 Å². The number of anilines is 1. The Morgan fingerprint density at radius 1 is 1.14 bits per heavy atom. The van der Waals surface area contributed by atoms with Crippen molar-refractivity contribution < 1.29 is 22.3 Å². The van der Waals surface area contributed by atoms with Crippen molar-refractivity contribution in [3.63, 3.8) is 0 Å². The lowest BCUT2D eigenvalue weighted by Gasteiger charge is -2.32. The number of sulfonamides is 1. The third kappa shape index (κ3) is 4.70. The van der Waals surface area contributed by atoms with Crippen LogP contribution in [-0.4, -0.2) is 64.4 Å². The maximum atomic E-state index is 11.7. The highest BCUT2D eigenvalue weighted by atomic mass is 32.2. The average Bonchev–Trinajstić information content (AvgIpc) is 3.14. The summed E-state index contributed by atoms with van der Waals surface area (Å²) in [6, 6.07) is 7.50. The molecule has 1 aromatic heterocycles. The van der Waals surface area contributed by atoms with Crippen LogP contribution in [0.5, 0.6) is 11.5 Å². The Labute approximate surface area is 169 Å². The van der Waals surface area contributed by atoms with Crippen LogP contribution in [0.2, 0.25) is 0 Å². The van der Waals surface area contributed by atoms with E-state index in [-0.39, 0.29) is 11.6 Å². The number of ether oxygens (including phenoxy) is 2. The minimum Gasteiger partial charge on any atom is -0.493 e. The van der Waals surface area contributed by atoms with Crippen molar-refractivity contribution in [2.24, 2.45) is 0 Å². The summed E-state index contributed by atoms with van der Waals surface area (Å²) < 4.78 is 41.0. The lowest BCUT2D eigenvalue weighted by Crippen LogP contribution is -2.48. The van der Waals surface area contributed by atoms with Crippen LogP contribution in [0.3, 0.4) is 0 Å². The maximum absolute atomic E-state index is 11.7. The molecule has 1 aromatic carbocycles. The third-order valence-corrected chi connectivity index (χ3v) is 5.86. The molecule has 0 amide bonds. The second-order valence-electron chi connectivity index (χ2n) is 6.41. The summed E-state index contributed by atoms with van der Waals surface area (Å²) in [5.41, 5.74) is 1.02. The molecule has 0 N–H and O–H groups in total. The molecule has 9 nitrogen and oxygen atoms in total. The average molecular weight is 418 g/mol. The van der Waals surface area contributed by atoms with Crippen LogP contribution in [0.4, 0.5) is 5.88 Å². The van der Waals surface area contributed by atoms with E-state index in [9.17, 15) is 13.7 Å². The second kappa shape index (κ2) is 8.55. The minimum absolute atomic E-state index is 0.171. The topological polar surface area (TPSA) is 109 Å². The van der Waals surface area contributed by atoms with Crippen LogP contribution in [0.25, 0.3) is 12.2 Å². The molecule has 0 atom stereocenters. The molecule has 0 bridgehead atoms. The fraction of sp³-hybridized carbons (Fsp3) is 0.368. The quantitative estimate of drug-likeness (QED) is 0.699. The van der Waals surface area contributed by atoms with E-state index < -0.39 is 10.0 Å². The van der Waals surface area contributed by atoms with Crippen molar-refractivity contribution in [2.45, 2.75) is 0 Å². The van der Waals surface area contributed by atoms with E-state index in [1.807, 2.05) is 23.1 Å². The van der Waals surface area contributed by atoms with Crippen LogP contribution in [0.1, 0.15) is 17.1 Å². The number of rotatable bonds is 6. The molecule has 2 heterocycles. The summed E-state index contributed by atoms with van der Waals surface area (Å²) >= 11 is 0. The zero-order chi connectivity index (χ0) is 21.0. The number of piperazine rings is 1. The lowest BCUT2D eigenvalue weighted by atomic mass is 10.2. The van der Waals surface area contributed by atoms with Crippen molar-refractivity contribution in [3.8, 4) is 17.6 Å². The van der Waals surface area contributed by atoms with Gasteiger partial charge in [-0.3, -0.25) is 0 Å². The predicted octanol–water partition coefficient (Wildman–Crippen LogP) is 1.82. The minimum atomic E-state index is -3.23. The molecular formula is C19H22N4O5S. The van der Waals surface area contributed by atoms with Crippen molar-refractivity contribution in [1.29, 1.82) is 5.26 Å². The second-order valence-corrected chi connectivity index (χ2v) is 8.40. The Balaban J connectivity index is 1.77. The largest absolute Gasteiger partial charge is 0.493 e. The van der Waals surface area contributed by atoms with E-state index in [0.717, 1.165) is 5.56 Å². The Morgan fingerprint density at radius 2 is 1.83 bits per heavy atom. The molecule has 29 heavy (non-hydrogen) atoms. The Bertz CT molecular complexity index is 1050. The number of hydrogen-bond acceptors (Lipinski definition) is 8. The number of benzene rings is 1. The van der Waals surface area contributed by atoms with Gasteiger partial charge in [-0.2, -0.15) is 14.6 Å². The first-order chi connectivity index (χ1) is 13.9. The zero-order valence-corrected chi connectivity index (χ0v) is 17.3. The zero-order valence-electron chi connectivity index (χ0n) is 16.5. The van der Waals surface area contributed by atoms with Gasteiger partial charge in [-0.15, -0.1) is 0 Å². The van der Waals surface area contributed by atoms with E-state index in [2.05, 4.69) is 4.98 Å². The smallest absolute Gasteiger partial charge is 0.235 e. The molecule has 1 aliphatic rings. The Kier molecular flexibility index (Phi) is 6.10. The number of nitriles is 1. The maximum Gasteiger partial charge on any atom is 0.235 e. The molecule has 0 saturated carbocycles. The van der Waals surface area contributed by atoms with Gasteiger partial charge in [-0.1, -0.05) is 6.07 Å². The lowest BCUT2D eigenvalue weighted by molar-refractivity contribution is 0.355. The summed E-state index contributed by atoms with van der Waals surface area (Å²) in [6.07, 6.45) is 4.65. The van der Waals surface area contributed by atoms with Crippen LogP contribution in [0.15, 0.2) is 22.6 Å². The highest BCUT2D eigenvalue weighted by Crippen LogP contribution is 2.29. The van der Waals surface area contributed by atoms with Crippen molar-refractivity contribution in [2.75, 3.05) is 51.6 Å². The number of oxazole rings is 1. The van der Waals surface area contributed by atoms with Crippen LogP contribution in [-0.2, 0) is 10.0 Å². The highest BCUT2D eigenvalue weighted by Gasteiger charge is 2.27. The molecule has 1 saturated heterocycles. The van der Waals surface area contributed by atoms with Gasteiger partial charge < -0.3 is 18.8 Å². The van der Waals surface area contributed by atoms with Crippen LogP contribution < -0.4 is 14.4 Å². The molecule has 154 valence electrons. The molecule has 2 aromatic rings. The van der Waals surface area contributed by atoms with E-state index in [0.29, 0.717) is 43.6 Å². The number of hydrogen-bond donors (Lipinski definition) is 0. The first-order valence-electron chi connectivity index (χ1n) is 8.87. The van der Waals surface area contributed by atoms with E-state index in [1.54, 1.807) is 32.4 Å². The van der Waals surface area contributed by atoms with Crippen LogP contribution >= 0.6 is 0 Å². The molecule has 1 fully saturated rings. The highest BCUT2D eigenvalue weighted by molar-refractivity contribution is 7.88. The van der Waals surface area contributed by atoms with Crippen LogP contribution in [0, 0.1) is 11.3 Å². The fourth-order valence-corrected chi connectivity index (χ4v) is 3.86. The first-order valence-corrected chi connectivity index (χ1v) is 10.7. The summed E-state index contributed by atoms with van der Waals surface area (Å²) in [4.78, 5) is 6.05. The van der Waals surface area contributed by atoms with Crippen molar-refractivity contribution in [1.82, 2.24) is 9.29 Å². The molecule has 0 spiro atoms. The van der Waals surface area contributed by atoms with Gasteiger partial charge in [0.1, 0.15) is 6.07 Å². The summed E-state index contributed by atoms with van der Waals surface area (Å²) in [5.74, 6) is 1.87. The van der Waals surface area contributed by atoms with E-state index in [4.69, 9.17) is 13.9 Å². The van der Waals surface area contributed by atoms with Gasteiger partial charge in [0.2, 0.25) is 27.5 Å². The fourth-order valence-electron chi connectivity index (χ4n) is 3.03. The predicted molar refractivity (Wildman–Crippen MR) is 108 cm³/mol. The van der Waals surface area contributed by atoms with Gasteiger partial charge in [0, 0.05) is 32.3 Å². The number of aromatic nitrogens is 1. The molecule has 1 aliphatic heterocycles. The number of nitrogens with zero attached hydrogens (tertiary/aromatic N) is 4. The molecular weight excluding hydrogens is 396 g/mol. The Hall–Kier alpha value is -3.03. The molecule has 0 aliphatic carbocycles. The van der Waals surface area contributed by atoms with Gasteiger partial charge in [0.05, 0.1) is 20.5 Å². The van der Waals surface area contributed by atoms with Gasteiger partial charge in [0.25, 0.3) is 0 Å². The van der Waals surface area contributed by atoms with E-state index >= 15 is 0 Å². The van der Waals surface area contributed by atoms with Crippen molar-refractivity contribution in [3.05, 3.63) is 35.3 Å². The molecule has 3 rings (SSSR count). The van der Waals surface area contributed by atoms with E-state index in [1.165, 1.54) is 10.6 Å². The summed E-state index contributed by atoms with van der Waals surface area (Å²) in [7, 11) is -0.0928. The third-order valence-electron chi connectivity index (χ3n) is 4.55. The molecule has 10 heteroatoms. The monoisotopic (exact) mass is 418 g/mol. The Morgan fingerprint density at radius 3 is 2.41 bits per heavy atom. The van der Waals surface area contributed by atoms with Gasteiger partial charge in [-0.25, -0.2) is 8.42 Å².